The van der Waals surface area contributed by atoms with E-state index in [2.05, 4.69) is 12.2 Å². The van der Waals surface area contributed by atoms with Crippen molar-refractivity contribution < 1.29 is 19.1 Å². The normalized spacial score (nSPS) is 10.2. The maximum atomic E-state index is 13.0. The maximum Gasteiger partial charge on any atom is 0.337 e. The van der Waals surface area contributed by atoms with Crippen molar-refractivity contribution in [3.63, 3.8) is 0 Å². The highest BCUT2D eigenvalue weighted by molar-refractivity contribution is 6.00. The summed E-state index contributed by atoms with van der Waals surface area (Å²) in [7, 11) is 0. The van der Waals surface area contributed by atoms with E-state index in [1.54, 1.807) is 0 Å². The van der Waals surface area contributed by atoms with Gasteiger partial charge in [-0.3, -0.25) is 4.79 Å². The number of halogens is 1. The number of carbonyl (C=O) groups is 2. The Morgan fingerprint density at radius 2 is 2.00 bits per heavy atom. The Bertz CT molecular complexity index is 460. The van der Waals surface area contributed by atoms with Crippen LogP contribution in [0.15, 0.2) is 18.2 Å². The van der Waals surface area contributed by atoms with Crippen LogP contribution in [0.2, 0.25) is 0 Å². The molecule has 1 amide bonds. The fraction of sp³-hybridized carbons (Fsp3) is 0.429. The molecule has 0 aliphatic heterocycles. The molecule has 0 unspecified atom stereocenters. The van der Waals surface area contributed by atoms with Crippen LogP contribution in [0.3, 0.4) is 0 Å². The molecule has 0 bridgehead atoms. The molecule has 0 aliphatic rings. The van der Waals surface area contributed by atoms with Crippen molar-refractivity contribution in [3.8, 4) is 0 Å². The Labute approximate surface area is 111 Å². The lowest BCUT2D eigenvalue weighted by Gasteiger charge is -2.08. The van der Waals surface area contributed by atoms with Gasteiger partial charge in [-0.1, -0.05) is 26.2 Å². The van der Waals surface area contributed by atoms with Gasteiger partial charge in [0.25, 0.3) is 0 Å². The Morgan fingerprint density at radius 3 is 2.63 bits per heavy atom. The van der Waals surface area contributed by atoms with Crippen molar-refractivity contribution in [2.24, 2.45) is 0 Å². The van der Waals surface area contributed by atoms with E-state index in [0.29, 0.717) is 6.42 Å². The first kappa shape index (κ1) is 15.1. The van der Waals surface area contributed by atoms with E-state index < -0.39 is 11.8 Å². The molecule has 1 aromatic rings. The number of nitrogens with one attached hydrogen (secondary N) is 1. The van der Waals surface area contributed by atoms with Gasteiger partial charge in [-0.25, -0.2) is 9.18 Å². The van der Waals surface area contributed by atoms with Crippen LogP contribution in [0.25, 0.3) is 0 Å². The molecule has 1 rings (SSSR count). The van der Waals surface area contributed by atoms with Gasteiger partial charge in [-0.2, -0.15) is 0 Å². The molecule has 0 saturated carbocycles. The first-order chi connectivity index (χ1) is 9.04. The van der Waals surface area contributed by atoms with Gasteiger partial charge in [-0.15, -0.1) is 0 Å². The van der Waals surface area contributed by atoms with Crippen molar-refractivity contribution in [1.82, 2.24) is 0 Å². The average Bonchev–Trinajstić information content (AvgIpc) is 2.36. The molecule has 19 heavy (non-hydrogen) atoms. The number of amides is 1. The van der Waals surface area contributed by atoms with E-state index in [9.17, 15) is 14.0 Å². The lowest BCUT2D eigenvalue weighted by atomic mass is 10.1. The number of aromatic carboxylic acids is 1. The van der Waals surface area contributed by atoms with Crippen LogP contribution in [0, 0.1) is 5.82 Å². The van der Waals surface area contributed by atoms with Crippen molar-refractivity contribution in [1.29, 1.82) is 0 Å². The number of benzene rings is 1. The van der Waals surface area contributed by atoms with Gasteiger partial charge in [0, 0.05) is 6.42 Å². The zero-order chi connectivity index (χ0) is 14.3. The molecule has 0 aliphatic carbocycles. The summed E-state index contributed by atoms with van der Waals surface area (Å²) in [5.41, 5.74) is -0.101. The number of carboxylic acid groups (broad SMARTS) is 1. The van der Waals surface area contributed by atoms with Crippen LogP contribution in [0.5, 0.6) is 0 Å². The summed E-state index contributed by atoms with van der Waals surface area (Å²) < 4.78 is 13.0. The maximum absolute atomic E-state index is 13.0. The summed E-state index contributed by atoms with van der Waals surface area (Å²) in [5.74, 6) is -2.15. The Kier molecular flexibility index (Phi) is 5.99. The molecule has 4 nitrogen and oxygen atoms in total. The first-order valence-corrected chi connectivity index (χ1v) is 6.37. The lowest BCUT2D eigenvalue weighted by Crippen LogP contribution is -2.14. The molecule has 5 heteroatoms. The third-order valence-corrected chi connectivity index (χ3v) is 2.74. The van der Waals surface area contributed by atoms with Crippen LogP contribution in [0.1, 0.15) is 49.4 Å². The smallest absolute Gasteiger partial charge is 0.337 e. The molecule has 0 atom stereocenters. The summed E-state index contributed by atoms with van der Waals surface area (Å²) in [6, 6.07) is 3.29. The minimum Gasteiger partial charge on any atom is -0.478 e. The minimum absolute atomic E-state index is 0.134. The average molecular weight is 267 g/mol. The molecule has 104 valence electrons. The number of hydrogen-bond acceptors (Lipinski definition) is 2. The second-order valence-electron chi connectivity index (χ2n) is 4.35. The van der Waals surface area contributed by atoms with Gasteiger partial charge in [0.2, 0.25) is 5.91 Å². The fourth-order valence-electron chi connectivity index (χ4n) is 1.73. The number of carbonyl (C=O) groups excluding carboxylic acids is 1. The topological polar surface area (TPSA) is 66.4 Å². The van der Waals surface area contributed by atoms with Crippen molar-refractivity contribution in [2.45, 2.75) is 39.0 Å². The van der Waals surface area contributed by atoms with E-state index in [1.807, 2.05) is 0 Å². The quantitative estimate of drug-likeness (QED) is 0.744. The third-order valence-electron chi connectivity index (χ3n) is 2.74. The predicted octanol–water partition coefficient (Wildman–Crippen LogP) is 3.43. The van der Waals surface area contributed by atoms with Crippen molar-refractivity contribution in [3.05, 3.63) is 29.6 Å². The number of rotatable bonds is 7. The number of hydrogen-bond donors (Lipinski definition) is 2. The predicted molar refractivity (Wildman–Crippen MR) is 70.7 cm³/mol. The highest BCUT2D eigenvalue weighted by Crippen LogP contribution is 2.17. The van der Waals surface area contributed by atoms with Gasteiger partial charge in [0.05, 0.1) is 11.3 Å². The van der Waals surface area contributed by atoms with Gasteiger partial charge in [0.1, 0.15) is 5.82 Å². The van der Waals surface area contributed by atoms with Crippen LogP contribution < -0.4 is 5.32 Å². The van der Waals surface area contributed by atoms with Crippen molar-refractivity contribution in [2.75, 3.05) is 5.32 Å². The van der Waals surface area contributed by atoms with E-state index in [1.165, 1.54) is 6.07 Å². The van der Waals surface area contributed by atoms with Crippen molar-refractivity contribution >= 4 is 17.6 Å². The summed E-state index contributed by atoms with van der Waals surface area (Å²) in [6.07, 6.45) is 4.24. The van der Waals surface area contributed by atoms with Crippen LogP contribution in [-0.4, -0.2) is 17.0 Å². The molecule has 0 fully saturated rings. The number of anilines is 1. The molecular formula is C14H18FNO3. The highest BCUT2D eigenvalue weighted by atomic mass is 19.1. The van der Waals surface area contributed by atoms with E-state index in [-0.39, 0.29) is 17.2 Å². The second-order valence-corrected chi connectivity index (χ2v) is 4.35. The summed E-state index contributed by atoms with van der Waals surface area (Å²) >= 11 is 0. The van der Waals surface area contributed by atoms with Gasteiger partial charge < -0.3 is 10.4 Å². The SMILES string of the molecule is CCCCCCC(=O)Nc1ccc(F)cc1C(=O)O. The Morgan fingerprint density at radius 1 is 1.26 bits per heavy atom. The van der Waals surface area contributed by atoms with Gasteiger partial charge >= 0.3 is 5.97 Å². The molecule has 1 aromatic carbocycles. The number of unbranched alkanes of at least 4 members (excludes halogenated alkanes) is 3. The van der Waals surface area contributed by atoms with E-state index >= 15 is 0 Å². The van der Waals surface area contributed by atoms with Crippen LogP contribution in [0.4, 0.5) is 10.1 Å². The molecule has 0 saturated heterocycles. The first-order valence-electron chi connectivity index (χ1n) is 6.37. The third kappa shape index (κ3) is 5.07. The summed E-state index contributed by atoms with van der Waals surface area (Å²) in [4.78, 5) is 22.6. The van der Waals surface area contributed by atoms with Gasteiger partial charge in [0.15, 0.2) is 0 Å². The zero-order valence-electron chi connectivity index (χ0n) is 10.9. The minimum atomic E-state index is -1.26. The molecular weight excluding hydrogens is 249 g/mol. The summed E-state index contributed by atoms with van der Waals surface area (Å²) in [5, 5.41) is 11.4. The molecule has 0 spiro atoms. The van der Waals surface area contributed by atoms with Crippen LogP contribution >= 0.6 is 0 Å². The lowest BCUT2D eigenvalue weighted by molar-refractivity contribution is -0.116. The zero-order valence-corrected chi connectivity index (χ0v) is 10.9. The number of carboxylic acids is 1. The molecule has 2 N–H and O–H groups in total. The van der Waals surface area contributed by atoms with Gasteiger partial charge in [-0.05, 0) is 24.6 Å². The fourth-order valence-corrected chi connectivity index (χ4v) is 1.73. The Balaban J connectivity index is 2.61. The van der Waals surface area contributed by atoms with E-state index in [0.717, 1.165) is 37.8 Å². The molecule has 0 aromatic heterocycles. The van der Waals surface area contributed by atoms with E-state index in [4.69, 9.17) is 5.11 Å². The largest absolute Gasteiger partial charge is 0.478 e. The van der Waals surface area contributed by atoms with Crippen LogP contribution in [-0.2, 0) is 4.79 Å². The summed E-state index contributed by atoms with van der Waals surface area (Å²) in [6.45, 7) is 2.08. The molecule has 0 radical (unpaired) electrons. The second kappa shape index (κ2) is 7.51. The monoisotopic (exact) mass is 267 g/mol. The standard InChI is InChI=1S/C14H18FNO3/c1-2-3-4-5-6-13(17)16-12-8-7-10(15)9-11(12)14(18)19/h7-9H,2-6H2,1H3,(H,16,17)(H,18,19). The molecule has 0 heterocycles. The Hall–Kier alpha value is -1.91. The highest BCUT2D eigenvalue weighted by Gasteiger charge is 2.13.